The molecule has 0 amide bonds. The molecule has 0 bridgehead atoms. The minimum Gasteiger partial charge on any atom is -0.376 e. The van der Waals surface area contributed by atoms with Crippen molar-refractivity contribution in [2.24, 2.45) is 5.92 Å². The molecule has 1 unspecified atom stereocenters. The lowest BCUT2D eigenvalue weighted by atomic mass is 10.1. The smallest absolute Gasteiger partial charge is 0.0717 e. The van der Waals surface area contributed by atoms with Crippen LogP contribution in [0.25, 0.3) is 0 Å². The first-order valence-electron chi connectivity index (χ1n) is 5.37. The van der Waals surface area contributed by atoms with E-state index in [0.717, 1.165) is 24.7 Å². The summed E-state index contributed by atoms with van der Waals surface area (Å²) in [7, 11) is 0. The zero-order valence-corrected chi connectivity index (χ0v) is 10.7. The van der Waals surface area contributed by atoms with Gasteiger partial charge in [0, 0.05) is 11.6 Å². The van der Waals surface area contributed by atoms with Gasteiger partial charge in [0.25, 0.3) is 0 Å². The quantitative estimate of drug-likeness (QED) is 0.900. The first kappa shape index (κ1) is 13.8. The Kier molecular flexibility index (Phi) is 6.14. The maximum atomic E-state index is 5.80. The van der Waals surface area contributed by atoms with Gasteiger partial charge in [0.15, 0.2) is 0 Å². The highest BCUT2D eigenvalue weighted by Gasteiger charge is 2.13. The summed E-state index contributed by atoms with van der Waals surface area (Å²) in [4.78, 5) is 0. The number of benzene rings is 1. The predicted octanol–water partition coefficient (Wildman–Crippen LogP) is 2.89. The molecule has 4 heteroatoms. The van der Waals surface area contributed by atoms with Gasteiger partial charge in [0.05, 0.1) is 13.2 Å². The van der Waals surface area contributed by atoms with Crippen LogP contribution in [0.3, 0.4) is 0 Å². The molecule has 0 aromatic heterocycles. The van der Waals surface area contributed by atoms with Crippen LogP contribution in [-0.2, 0) is 11.3 Å². The third kappa shape index (κ3) is 4.30. The van der Waals surface area contributed by atoms with E-state index in [0.29, 0.717) is 12.5 Å². The van der Waals surface area contributed by atoms with E-state index in [1.54, 1.807) is 0 Å². The van der Waals surface area contributed by atoms with Crippen LogP contribution in [-0.4, -0.2) is 19.7 Å². The average Bonchev–Trinajstić information content (AvgIpc) is 2.74. The molecular formula is C12H17Cl2NO. The van der Waals surface area contributed by atoms with E-state index in [1.807, 2.05) is 24.3 Å². The summed E-state index contributed by atoms with van der Waals surface area (Å²) in [6, 6.07) is 7.82. The van der Waals surface area contributed by atoms with Gasteiger partial charge in [0.2, 0.25) is 0 Å². The molecule has 2 rings (SSSR count). The fourth-order valence-electron chi connectivity index (χ4n) is 1.78. The summed E-state index contributed by atoms with van der Waals surface area (Å²) >= 11 is 5.80. The van der Waals surface area contributed by atoms with Crippen LogP contribution >= 0.6 is 24.0 Å². The lowest BCUT2D eigenvalue weighted by Crippen LogP contribution is -2.13. The minimum absolute atomic E-state index is 0. The van der Waals surface area contributed by atoms with Crippen LogP contribution in [0.1, 0.15) is 12.0 Å². The maximum absolute atomic E-state index is 5.80. The molecule has 1 aliphatic heterocycles. The first-order chi connectivity index (χ1) is 7.34. The van der Waals surface area contributed by atoms with Crippen LogP contribution in [0.2, 0.25) is 5.02 Å². The molecule has 1 aliphatic rings. The summed E-state index contributed by atoms with van der Waals surface area (Å²) in [5.41, 5.74) is 1.19. The Morgan fingerprint density at radius 2 is 2.06 bits per heavy atom. The highest BCUT2D eigenvalue weighted by Crippen LogP contribution is 2.12. The van der Waals surface area contributed by atoms with Crippen LogP contribution in [0.4, 0.5) is 0 Å². The Morgan fingerprint density at radius 1 is 1.31 bits per heavy atom. The zero-order valence-electron chi connectivity index (χ0n) is 9.12. The molecule has 1 atom stereocenters. The molecule has 1 aromatic carbocycles. The third-order valence-electron chi connectivity index (χ3n) is 2.70. The van der Waals surface area contributed by atoms with Crippen molar-refractivity contribution >= 4 is 24.0 Å². The number of nitrogens with one attached hydrogen (secondary N) is 1. The summed E-state index contributed by atoms with van der Waals surface area (Å²) < 4.78 is 5.66. The molecule has 1 N–H and O–H groups in total. The van der Waals surface area contributed by atoms with Crippen molar-refractivity contribution in [2.45, 2.75) is 13.0 Å². The highest BCUT2D eigenvalue weighted by molar-refractivity contribution is 6.30. The van der Waals surface area contributed by atoms with E-state index in [4.69, 9.17) is 16.3 Å². The second kappa shape index (κ2) is 7.13. The molecule has 1 heterocycles. The molecule has 0 aliphatic carbocycles. The SMILES string of the molecule is Cl.Clc1ccc(COCC2CCNC2)cc1. The Bertz CT molecular complexity index is 296. The van der Waals surface area contributed by atoms with Crippen molar-refractivity contribution in [3.8, 4) is 0 Å². The molecule has 16 heavy (non-hydrogen) atoms. The number of ether oxygens (including phenoxy) is 1. The van der Waals surface area contributed by atoms with Crippen molar-refractivity contribution in [1.82, 2.24) is 5.32 Å². The van der Waals surface area contributed by atoms with Crippen molar-refractivity contribution < 1.29 is 4.74 Å². The molecule has 2 nitrogen and oxygen atoms in total. The molecule has 0 saturated carbocycles. The van der Waals surface area contributed by atoms with Gasteiger partial charge in [-0.1, -0.05) is 23.7 Å². The van der Waals surface area contributed by atoms with Gasteiger partial charge in [-0.15, -0.1) is 12.4 Å². The molecule has 0 radical (unpaired) electrons. The molecule has 1 saturated heterocycles. The van der Waals surface area contributed by atoms with Gasteiger partial charge in [-0.05, 0) is 36.6 Å². The minimum atomic E-state index is 0. The maximum Gasteiger partial charge on any atom is 0.0717 e. The number of halogens is 2. The Morgan fingerprint density at radius 3 is 2.69 bits per heavy atom. The fraction of sp³-hybridized carbons (Fsp3) is 0.500. The monoisotopic (exact) mass is 261 g/mol. The highest BCUT2D eigenvalue weighted by atomic mass is 35.5. The van der Waals surface area contributed by atoms with Crippen molar-refractivity contribution in [2.75, 3.05) is 19.7 Å². The van der Waals surface area contributed by atoms with Gasteiger partial charge in [-0.3, -0.25) is 0 Å². The van der Waals surface area contributed by atoms with E-state index in [2.05, 4.69) is 5.32 Å². The van der Waals surface area contributed by atoms with Crippen molar-refractivity contribution in [3.63, 3.8) is 0 Å². The van der Waals surface area contributed by atoms with E-state index >= 15 is 0 Å². The average molecular weight is 262 g/mol. The first-order valence-corrected chi connectivity index (χ1v) is 5.75. The Hall–Kier alpha value is -0.280. The van der Waals surface area contributed by atoms with E-state index in [-0.39, 0.29) is 12.4 Å². The Labute approximate surface area is 108 Å². The van der Waals surface area contributed by atoms with E-state index in [1.165, 1.54) is 12.0 Å². The van der Waals surface area contributed by atoms with Gasteiger partial charge in [-0.2, -0.15) is 0 Å². The van der Waals surface area contributed by atoms with Gasteiger partial charge >= 0.3 is 0 Å². The largest absolute Gasteiger partial charge is 0.376 e. The van der Waals surface area contributed by atoms with Crippen LogP contribution in [0, 0.1) is 5.92 Å². The summed E-state index contributed by atoms with van der Waals surface area (Å²) in [5.74, 6) is 0.692. The van der Waals surface area contributed by atoms with Gasteiger partial charge in [0.1, 0.15) is 0 Å². The number of rotatable bonds is 4. The molecule has 1 fully saturated rings. The fourth-order valence-corrected chi connectivity index (χ4v) is 1.91. The van der Waals surface area contributed by atoms with E-state index in [9.17, 15) is 0 Å². The molecule has 90 valence electrons. The number of hydrogen-bond acceptors (Lipinski definition) is 2. The van der Waals surface area contributed by atoms with E-state index < -0.39 is 0 Å². The molecule has 0 spiro atoms. The zero-order chi connectivity index (χ0) is 10.5. The van der Waals surface area contributed by atoms with Crippen molar-refractivity contribution in [1.29, 1.82) is 0 Å². The Balaban J connectivity index is 0.00000128. The predicted molar refractivity (Wildman–Crippen MR) is 69.3 cm³/mol. The lowest BCUT2D eigenvalue weighted by molar-refractivity contribution is 0.0925. The van der Waals surface area contributed by atoms with Crippen LogP contribution in [0.5, 0.6) is 0 Å². The van der Waals surface area contributed by atoms with Crippen LogP contribution < -0.4 is 5.32 Å². The topological polar surface area (TPSA) is 21.3 Å². The van der Waals surface area contributed by atoms with Crippen molar-refractivity contribution in [3.05, 3.63) is 34.9 Å². The standard InChI is InChI=1S/C12H16ClNO.ClH/c13-12-3-1-10(2-4-12)8-15-9-11-5-6-14-7-11;/h1-4,11,14H,5-9H2;1H. The summed E-state index contributed by atoms with van der Waals surface area (Å²) in [5, 5.41) is 4.11. The summed E-state index contributed by atoms with van der Waals surface area (Å²) in [6.45, 7) is 3.78. The van der Waals surface area contributed by atoms with Crippen LogP contribution in [0.15, 0.2) is 24.3 Å². The number of hydrogen-bond donors (Lipinski definition) is 1. The molecular weight excluding hydrogens is 245 g/mol. The summed E-state index contributed by atoms with van der Waals surface area (Å²) in [6.07, 6.45) is 1.24. The third-order valence-corrected chi connectivity index (χ3v) is 2.95. The lowest BCUT2D eigenvalue weighted by Gasteiger charge is -2.09. The normalized spacial score (nSPS) is 19.4. The van der Waals surface area contributed by atoms with Gasteiger partial charge in [-0.25, -0.2) is 0 Å². The van der Waals surface area contributed by atoms with Gasteiger partial charge < -0.3 is 10.1 Å². The molecule has 1 aromatic rings. The second-order valence-corrected chi connectivity index (χ2v) is 4.44. The second-order valence-electron chi connectivity index (χ2n) is 4.00.